The van der Waals surface area contributed by atoms with Gasteiger partial charge in [-0.2, -0.15) is 0 Å². The molecule has 0 aliphatic carbocycles. The Balaban J connectivity index is 2.01. The van der Waals surface area contributed by atoms with E-state index >= 15 is 0 Å². The van der Waals surface area contributed by atoms with E-state index in [-0.39, 0.29) is 25.5 Å². The molecule has 0 aromatic rings. The second-order valence-electron chi connectivity index (χ2n) is 3.97. The molecule has 18 heavy (non-hydrogen) atoms. The van der Waals surface area contributed by atoms with Crippen LogP contribution in [0, 0.1) is 0 Å². The van der Waals surface area contributed by atoms with Crippen LogP contribution in [0.15, 0.2) is 0 Å². The summed E-state index contributed by atoms with van der Waals surface area (Å²) in [6.07, 6.45) is -0.811. The third-order valence-electron chi connectivity index (χ3n) is 2.90. The summed E-state index contributed by atoms with van der Waals surface area (Å²) in [5, 5.41) is 5.47. The summed E-state index contributed by atoms with van der Waals surface area (Å²) in [4.78, 5) is 26.4. The van der Waals surface area contributed by atoms with Gasteiger partial charge >= 0.3 is 12.1 Å². The minimum atomic E-state index is -0.406. The molecule has 0 spiro atoms. The lowest BCUT2D eigenvalue weighted by molar-refractivity contribution is 0.0257. The zero-order chi connectivity index (χ0) is 13.1. The Hall–Kier alpha value is -1.54. The van der Waals surface area contributed by atoms with E-state index in [1.165, 1.54) is 9.80 Å². The Bertz CT molecular complexity index is 306. The molecule has 0 aromatic heterocycles. The van der Waals surface area contributed by atoms with Gasteiger partial charge in [0.2, 0.25) is 0 Å². The number of urea groups is 2. The number of rotatable bonds is 6. The fourth-order valence-electron chi connectivity index (χ4n) is 1.98. The van der Waals surface area contributed by atoms with Crippen LogP contribution in [-0.4, -0.2) is 60.9 Å². The van der Waals surface area contributed by atoms with Crippen LogP contribution in [0.1, 0.15) is 13.8 Å². The normalized spacial score (nSPS) is 26.3. The highest BCUT2D eigenvalue weighted by atomic mass is 16.5. The number of hydrogen-bond donors (Lipinski definition) is 2. The van der Waals surface area contributed by atoms with Crippen molar-refractivity contribution in [3.63, 3.8) is 0 Å². The predicted molar refractivity (Wildman–Crippen MR) is 61.3 cm³/mol. The van der Waals surface area contributed by atoms with Crippen molar-refractivity contribution in [1.29, 1.82) is 0 Å². The molecule has 2 saturated heterocycles. The summed E-state index contributed by atoms with van der Waals surface area (Å²) in [7, 11) is 0. The Morgan fingerprint density at radius 2 is 1.33 bits per heavy atom. The van der Waals surface area contributed by atoms with Crippen LogP contribution in [0.4, 0.5) is 9.59 Å². The first kappa shape index (κ1) is 12.9. The maximum absolute atomic E-state index is 11.7. The Morgan fingerprint density at radius 3 is 1.67 bits per heavy atom. The Morgan fingerprint density at radius 1 is 0.944 bits per heavy atom. The van der Waals surface area contributed by atoms with Crippen LogP contribution in [0.2, 0.25) is 0 Å². The molecule has 2 fully saturated rings. The molecule has 0 aromatic carbocycles. The van der Waals surface area contributed by atoms with Gasteiger partial charge in [-0.15, -0.1) is 0 Å². The highest BCUT2D eigenvalue weighted by Crippen LogP contribution is 2.20. The first-order valence-electron chi connectivity index (χ1n) is 5.98. The molecule has 2 aliphatic heterocycles. The van der Waals surface area contributed by atoms with Crippen molar-refractivity contribution in [3.8, 4) is 0 Å². The van der Waals surface area contributed by atoms with E-state index in [2.05, 4.69) is 10.6 Å². The van der Waals surface area contributed by atoms with Crippen molar-refractivity contribution in [2.45, 2.75) is 26.2 Å². The third-order valence-corrected chi connectivity index (χ3v) is 2.90. The fraction of sp³-hybridized carbons (Fsp3) is 0.800. The molecule has 0 bridgehead atoms. The summed E-state index contributed by atoms with van der Waals surface area (Å²) in [6.45, 7) is 5.04. The Labute approximate surface area is 105 Å². The SMILES string of the molecule is CCOCN1C(=O)NC2C1NC(=O)N2COCC. The van der Waals surface area contributed by atoms with Gasteiger partial charge in [-0.25, -0.2) is 9.59 Å². The standard InChI is InChI=1S/C10H18N4O4/c1-3-17-5-13-7-8(12-9(13)15)14(6-18-4-2)10(16)11-7/h7-8H,3-6H2,1-2H3,(H,11,16)(H,12,15). The van der Waals surface area contributed by atoms with Crippen molar-refractivity contribution < 1.29 is 19.1 Å². The molecule has 2 heterocycles. The van der Waals surface area contributed by atoms with Crippen molar-refractivity contribution >= 4 is 12.1 Å². The minimum absolute atomic E-state index is 0.159. The molecule has 2 aliphatic rings. The number of carbonyl (C=O) groups is 2. The molecule has 2 unspecified atom stereocenters. The van der Waals surface area contributed by atoms with Gasteiger partial charge in [0.05, 0.1) is 0 Å². The zero-order valence-electron chi connectivity index (χ0n) is 10.5. The topological polar surface area (TPSA) is 83.1 Å². The Kier molecular flexibility index (Phi) is 3.87. The van der Waals surface area contributed by atoms with Gasteiger partial charge in [-0.3, -0.25) is 9.80 Å². The van der Waals surface area contributed by atoms with E-state index in [1.807, 2.05) is 13.8 Å². The van der Waals surface area contributed by atoms with Gasteiger partial charge in [0.15, 0.2) is 0 Å². The van der Waals surface area contributed by atoms with Gasteiger partial charge in [0.1, 0.15) is 25.8 Å². The number of carbonyl (C=O) groups excluding carboxylic acids is 2. The molecule has 0 radical (unpaired) electrons. The maximum Gasteiger partial charge on any atom is 0.322 e. The second kappa shape index (κ2) is 5.40. The zero-order valence-corrected chi connectivity index (χ0v) is 10.5. The smallest absolute Gasteiger partial charge is 0.322 e. The summed E-state index contributed by atoms with van der Waals surface area (Å²) >= 11 is 0. The number of ether oxygens (including phenoxy) is 2. The summed E-state index contributed by atoms with van der Waals surface area (Å²) in [6, 6.07) is -0.500. The molecule has 0 saturated carbocycles. The number of hydrogen-bond acceptors (Lipinski definition) is 4. The lowest BCUT2D eigenvalue weighted by Crippen LogP contribution is -2.44. The van der Waals surface area contributed by atoms with Crippen molar-refractivity contribution in [3.05, 3.63) is 0 Å². The van der Waals surface area contributed by atoms with Gasteiger partial charge < -0.3 is 20.1 Å². The van der Waals surface area contributed by atoms with E-state index in [0.29, 0.717) is 13.2 Å². The van der Waals surface area contributed by atoms with Crippen LogP contribution in [0.5, 0.6) is 0 Å². The second-order valence-corrected chi connectivity index (χ2v) is 3.97. The van der Waals surface area contributed by atoms with Gasteiger partial charge in [-0.05, 0) is 13.8 Å². The molecular formula is C10H18N4O4. The van der Waals surface area contributed by atoms with Crippen LogP contribution in [0.25, 0.3) is 0 Å². The van der Waals surface area contributed by atoms with Crippen molar-refractivity contribution in [2.24, 2.45) is 0 Å². The van der Waals surface area contributed by atoms with E-state index in [0.717, 1.165) is 0 Å². The lowest BCUT2D eigenvalue weighted by Gasteiger charge is -2.21. The highest BCUT2D eigenvalue weighted by Gasteiger charge is 2.50. The first-order chi connectivity index (χ1) is 8.69. The molecule has 8 heteroatoms. The number of fused-ring (bicyclic) bond motifs is 1. The van der Waals surface area contributed by atoms with E-state index in [1.54, 1.807) is 0 Å². The maximum atomic E-state index is 11.7. The molecule has 102 valence electrons. The first-order valence-corrected chi connectivity index (χ1v) is 5.98. The summed E-state index contributed by atoms with van der Waals surface area (Å²) in [5.41, 5.74) is 0. The number of nitrogens with one attached hydrogen (secondary N) is 2. The monoisotopic (exact) mass is 258 g/mol. The average Bonchev–Trinajstić information content (AvgIpc) is 2.79. The van der Waals surface area contributed by atoms with Crippen molar-refractivity contribution in [1.82, 2.24) is 20.4 Å². The number of amides is 4. The lowest BCUT2D eigenvalue weighted by atomic mass is 10.4. The molecule has 2 atom stereocenters. The molecule has 8 nitrogen and oxygen atoms in total. The van der Waals surface area contributed by atoms with E-state index in [9.17, 15) is 9.59 Å². The van der Waals surface area contributed by atoms with E-state index < -0.39 is 12.3 Å². The van der Waals surface area contributed by atoms with Gasteiger partial charge in [-0.1, -0.05) is 0 Å². The van der Waals surface area contributed by atoms with Gasteiger partial charge in [0, 0.05) is 13.2 Å². The van der Waals surface area contributed by atoms with Crippen LogP contribution >= 0.6 is 0 Å². The van der Waals surface area contributed by atoms with Crippen molar-refractivity contribution in [2.75, 3.05) is 26.7 Å². The fourth-order valence-corrected chi connectivity index (χ4v) is 1.98. The largest absolute Gasteiger partial charge is 0.361 e. The predicted octanol–water partition coefficient (Wildman–Crippen LogP) is -0.323. The van der Waals surface area contributed by atoms with Crippen LogP contribution in [0.3, 0.4) is 0 Å². The quantitative estimate of drug-likeness (QED) is 0.684. The third kappa shape index (κ3) is 2.21. The average molecular weight is 258 g/mol. The minimum Gasteiger partial charge on any atom is -0.361 e. The molecule has 2 N–H and O–H groups in total. The molecular weight excluding hydrogens is 240 g/mol. The van der Waals surface area contributed by atoms with Gasteiger partial charge in [0.25, 0.3) is 0 Å². The highest BCUT2D eigenvalue weighted by molar-refractivity contribution is 5.84. The van der Waals surface area contributed by atoms with Crippen LogP contribution in [-0.2, 0) is 9.47 Å². The van der Waals surface area contributed by atoms with Crippen LogP contribution < -0.4 is 10.6 Å². The summed E-state index contributed by atoms with van der Waals surface area (Å²) < 4.78 is 10.4. The summed E-state index contributed by atoms with van der Waals surface area (Å²) in [5.74, 6) is 0. The van der Waals surface area contributed by atoms with E-state index in [4.69, 9.17) is 9.47 Å². The molecule has 2 rings (SSSR count). The molecule has 4 amide bonds. The number of nitrogens with zero attached hydrogens (tertiary/aromatic N) is 2.